The minimum absolute atomic E-state index is 0.0204. The molecule has 2 atom stereocenters. The molecule has 2 bridgehead atoms. The predicted molar refractivity (Wildman–Crippen MR) is 132 cm³/mol. The first-order valence-electron chi connectivity index (χ1n) is 13.3. The molecule has 0 spiro atoms. The van der Waals surface area contributed by atoms with Crippen molar-refractivity contribution in [2.45, 2.75) is 62.3 Å². The lowest BCUT2D eigenvalue weighted by Gasteiger charge is -2.53. The first-order chi connectivity index (χ1) is 18.4. The molecule has 194 valence electrons. The van der Waals surface area contributed by atoms with Gasteiger partial charge in [0.1, 0.15) is 23.2 Å². The van der Waals surface area contributed by atoms with E-state index in [1.807, 2.05) is 12.1 Å². The first kappa shape index (κ1) is 23.4. The second-order valence-corrected chi connectivity index (χ2v) is 11.3. The minimum atomic E-state index is -0.920. The highest BCUT2D eigenvalue weighted by Gasteiger charge is 2.63. The number of rotatable bonds is 5. The van der Waals surface area contributed by atoms with Crippen molar-refractivity contribution in [3.05, 3.63) is 64.5 Å². The number of hydrogen-bond acceptors (Lipinski definition) is 6. The van der Waals surface area contributed by atoms with Gasteiger partial charge < -0.3 is 9.64 Å². The minimum Gasteiger partial charge on any atom is -0.489 e. The fourth-order valence-electron chi connectivity index (χ4n) is 7.11. The number of hydrogen-bond donors (Lipinski definition) is 1. The van der Waals surface area contributed by atoms with Crippen LogP contribution in [0.3, 0.4) is 0 Å². The Morgan fingerprint density at radius 1 is 1.05 bits per heavy atom. The van der Waals surface area contributed by atoms with E-state index in [9.17, 15) is 24.0 Å². The number of benzene rings is 2. The lowest BCUT2D eigenvalue weighted by molar-refractivity contribution is -0.160. The van der Waals surface area contributed by atoms with E-state index in [4.69, 9.17) is 4.74 Å². The molecule has 2 saturated carbocycles. The van der Waals surface area contributed by atoms with Gasteiger partial charge >= 0.3 is 0 Å². The van der Waals surface area contributed by atoms with Crippen molar-refractivity contribution >= 4 is 17.7 Å². The highest BCUT2D eigenvalue weighted by Crippen LogP contribution is 2.49. The Morgan fingerprint density at radius 2 is 1.87 bits per heavy atom. The Morgan fingerprint density at radius 3 is 2.63 bits per heavy atom. The number of amides is 3. The number of imide groups is 1. The van der Waals surface area contributed by atoms with Crippen LogP contribution in [-0.2, 0) is 16.1 Å². The van der Waals surface area contributed by atoms with Gasteiger partial charge in [0.15, 0.2) is 0 Å². The number of halogens is 1. The van der Waals surface area contributed by atoms with Crippen LogP contribution in [0.4, 0.5) is 4.39 Å². The van der Waals surface area contributed by atoms with Crippen LogP contribution in [0.5, 0.6) is 5.75 Å². The first-order valence-corrected chi connectivity index (χ1v) is 13.3. The van der Waals surface area contributed by atoms with Crippen molar-refractivity contribution in [1.29, 1.82) is 5.26 Å². The molecule has 0 unspecified atom stereocenters. The Bertz CT molecular complexity index is 1420. The van der Waals surface area contributed by atoms with E-state index in [1.165, 1.54) is 12.1 Å². The molecule has 3 saturated heterocycles. The third-order valence-electron chi connectivity index (χ3n) is 9.26. The molecule has 3 amide bonds. The molecule has 1 N–H and O–H groups in total. The van der Waals surface area contributed by atoms with Crippen molar-refractivity contribution in [3.63, 3.8) is 0 Å². The van der Waals surface area contributed by atoms with Gasteiger partial charge in [0.2, 0.25) is 5.91 Å². The molecule has 38 heavy (non-hydrogen) atoms. The molecule has 0 aromatic heterocycles. The van der Waals surface area contributed by atoms with Gasteiger partial charge in [-0.15, -0.1) is 0 Å². The Labute approximate surface area is 219 Å². The van der Waals surface area contributed by atoms with Crippen LogP contribution in [0, 0.1) is 23.1 Å². The van der Waals surface area contributed by atoms with Crippen molar-refractivity contribution in [2.24, 2.45) is 5.92 Å². The third-order valence-corrected chi connectivity index (χ3v) is 9.26. The fraction of sp³-hybridized carbons (Fsp3) is 0.448. The Balaban J connectivity index is 1.02. The van der Waals surface area contributed by atoms with Gasteiger partial charge in [0, 0.05) is 43.1 Å². The normalized spacial score (nSPS) is 30.4. The average molecular weight is 515 g/mol. The number of nitrogens with zero attached hydrogens (tertiary/aromatic N) is 3. The maximum absolute atomic E-state index is 13.5. The van der Waals surface area contributed by atoms with Gasteiger partial charge in [-0.2, -0.15) is 5.26 Å². The molecule has 4 heterocycles. The molecule has 6 aliphatic rings. The topological polar surface area (TPSA) is 103 Å². The molecule has 4 aliphatic heterocycles. The summed E-state index contributed by atoms with van der Waals surface area (Å²) in [7, 11) is 0. The van der Waals surface area contributed by atoms with Crippen LogP contribution in [0.2, 0.25) is 0 Å². The van der Waals surface area contributed by atoms with E-state index < -0.39 is 11.4 Å². The molecular weight excluding hydrogens is 487 g/mol. The zero-order chi connectivity index (χ0) is 26.2. The van der Waals surface area contributed by atoms with Crippen LogP contribution in [-0.4, -0.2) is 58.3 Å². The zero-order valence-corrected chi connectivity index (χ0v) is 20.8. The van der Waals surface area contributed by atoms with Gasteiger partial charge in [-0.25, -0.2) is 4.39 Å². The molecular formula is C29H27FN4O4. The van der Waals surface area contributed by atoms with E-state index >= 15 is 0 Å². The lowest BCUT2D eigenvalue weighted by atomic mass is 9.63. The molecule has 0 radical (unpaired) electrons. The van der Waals surface area contributed by atoms with E-state index in [0.717, 1.165) is 43.5 Å². The van der Waals surface area contributed by atoms with Crippen LogP contribution < -0.4 is 10.1 Å². The standard InChI is InChI=1S/C29H27FN4O4/c30-20-4-6-22(16(8-20)12-31)19-13-33(14-19)24-2-1-3-25(24)38-21-5-7-23-17(9-21)15-34(27(23)36)29-10-18(11-29)26(35)32-28(29)37/h4-9,18-19,24-25H,1-3,10-11,13-15H2,(H,32,35,37)/t18?,24-,25-,29?/m1/s1. The van der Waals surface area contributed by atoms with Crippen molar-refractivity contribution in [2.75, 3.05) is 13.1 Å². The summed E-state index contributed by atoms with van der Waals surface area (Å²) in [6.07, 6.45) is 3.84. The quantitative estimate of drug-likeness (QED) is 0.616. The van der Waals surface area contributed by atoms with Gasteiger partial charge in [-0.05, 0) is 73.6 Å². The van der Waals surface area contributed by atoms with Gasteiger partial charge in [-0.3, -0.25) is 24.6 Å². The number of nitriles is 1. The molecule has 2 aromatic carbocycles. The van der Waals surface area contributed by atoms with Gasteiger partial charge in [-0.1, -0.05) is 6.07 Å². The second kappa shape index (κ2) is 8.37. The van der Waals surface area contributed by atoms with E-state index in [0.29, 0.717) is 36.3 Å². The summed E-state index contributed by atoms with van der Waals surface area (Å²) in [5.41, 5.74) is 1.82. The molecule has 5 fully saturated rings. The number of fused-ring (bicyclic) bond motifs is 3. The average Bonchev–Trinajstić information content (AvgIpc) is 3.42. The number of piperidine rings is 2. The number of nitrogens with one attached hydrogen (secondary N) is 1. The predicted octanol–water partition coefficient (Wildman–Crippen LogP) is 2.86. The molecule has 8 nitrogen and oxygen atoms in total. The Kier molecular flexibility index (Phi) is 5.14. The summed E-state index contributed by atoms with van der Waals surface area (Å²) in [5.74, 6) is -0.438. The van der Waals surface area contributed by atoms with Gasteiger partial charge in [0.05, 0.1) is 11.6 Å². The maximum atomic E-state index is 13.5. The lowest BCUT2D eigenvalue weighted by Crippen LogP contribution is -2.73. The number of likely N-dealkylation sites (tertiary alicyclic amines) is 1. The second-order valence-electron chi connectivity index (χ2n) is 11.3. The zero-order valence-electron chi connectivity index (χ0n) is 20.8. The summed E-state index contributed by atoms with van der Waals surface area (Å²) in [4.78, 5) is 41.7. The van der Waals surface area contributed by atoms with Crippen molar-refractivity contribution in [3.8, 4) is 11.8 Å². The summed E-state index contributed by atoms with van der Waals surface area (Å²) in [6.45, 7) is 1.96. The van der Waals surface area contributed by atoms with Crippen LogP contribution in [0.1, 0.15) is 65.1 Å². The molecule has 2 aliphatic carbocycles. The van der Waals surface area contributed by atoms with Crippen molar-refractivity contribution in [1.82, 2.24) is 15.1 Å². The number of ether oxygens (including phenoxy) is 1. The SMILES string of the molecule is N#Cc1cc(F)ccc1C1CN([C@@H]2CCC[C@H]2Oc2ccc3c(c2)CN(C24CC(C2)C(=O)NC4=O)C3=O)C1. The number of carbonyl (C=O) groups is 3. The van der Waals surface area contributed by atoms with Crippen LogP contribution in [0.15, 0.2) is 36.4 Å². The summed E-state index contributed by atoms with van der Waals surface area (Å²) < 4.78 is 20.0. The molecule has 8 rings (SSSR count). The summed E-state index contributed by atoms with van der Waals surface area (Å²) in [6, 6.07) is 12.4. The van der Waals surface area contributed by atoms with E-state index in [2.05, 4.69) is 16.3 Å². The van der Waals surface area contributed by atoms with E-state index in [-0.39, 0.29) is 41.7 Å². The van der Waals surface area contributed by atoms with Crippen LogP contribution >= 0.6 is 0 Å². The molecule has 9 heteroatoms. The monoisotopic (exact) mass is 514 g/mol. The number of carbonyl (C=O) groups excluding carboxylic acids is 3. The molecule has 2 aromatic rings. The van der Waals surface area contributed by atoms with Crippen molar-refractivity contribution < 1.29 is 23.5 Å². The maximum Gasteiger partial charge on any atom is 0.255 e. The van der Waals surface area contributed by atoms with Gasteiger partial charge in [0.25, 0.3) is 11.8 Å². The fourth-order valence-corrected chi connectivity index (χ4v) is 7.11. The largest absolute Gasteiger partial charge is 0.489 e. The van der Waals surface area contributed by atoms with Crippen LogP contribution in [0.25, 0.3) is 0 Å². The summed E-state index contributed by atoms with van der Waals surface area (Å²) in [5, 5.41) is 11.8. The smallest absolute Gasteiger partial charge is 0.255 e. The third kappa shape index (κ3) is 3.39. The van der Waals surface area contributed by atoms with E-state index in [1.54, 1.807) is 17.0 Å². The highest BCUT2D eigenvalue weighted by molar-refractivity contribution is 6.10. The Hall–Kier alpha value is -3.77. The highest BCUT2D eigenvalue weighted by atomic mass is 19.1. The summed E-state index contributed by atoms with van der Waals surface area (Å²) >= 11 is 0.